The highest BCUT2D eigenvalue weighted by Gasteiger charge is 2.20. The van der Waals surface area contributed by atoms with Gasteiger partial charge < -0.3 is 9.73 Å². The van der Waals surface area contributed by atoms with E-state index in [1.54, 1.807) is 13.0 Å². The van der Waals surface area contributed by atoms with Crippen molar-refractivity contribution in [2.24, 2.45) is 0 Å². The third-order valence-corrected chi connectivity index (χ3v) is 2.66. The molecule has 2 heterocycles. The minimum absolute atomic E-state index is 0.0593. The fraction of sp³-hybridized carbons (Fsp3) is 0.273. The van der Waals surface area contributed by atoms with Gasteiger partial charge in [-0.25, -0.2) is 4.98 Å². The molecule has 0 saturated carbocycles. The van der Waals surface area contributed by atoms with Crippen molar-refractivity contribution < 1.29 is 9.34 Å². The Bertz CT molecular complexity index is 614. The number of aromatic nitrogens is 2. The summed E-state index contributed by atoms with van der Waals surface area (Å²) in [6.07, 6.45) is 1.07. The van der Waals surface area contributed by atoms with Crippen molar-refractivity contribution in [1.29, 1.82) is 0 Å². The van der Waals surface area contributed by atoms with E-state index in [-0.39, 0.29) is 22.8 Å². The molecule has 0 saturated heterocycles. The van der Waals surface area contributed by atoms with Crippen molar-refractivity contribution in [3.8, 4) is 0 Å². The van der Waals surface area contributed by atoms with E-state index in [0.717, 1.165) is 12.0 Å². The Morgan fingerprint density at radius 2 is 2.26 bits per heavy atom. The van der Waals surface area contributed by atoms with Gasteiger partial charge in [-0.15, -0.1) is 0 Å². The molecule has 2 aromatic rings. The molecular formula is C11H11ClN4O3. The first-order chi connectivity index (χ1) is 8.97. The topological polar surface area (TPSA) is 94.1 Å². The average Bonchev–Trinajstić information content (AvgIpc) is 2.75. The lowest BCUT2D eigenvalue weighted by atomic mass is 10.2. The standard InChI is InChI=1S/C11H11ClN4O3/c1-6-3-4-9(19-6)7(2)14-10-8(16(17)18)5-13-11(12)15-10/h3-5,7H,1-2H3,(H,13,14,15). The van der Waals surface area contributed by atoms with Crippen molar-refractivity contribution in [1.82, 2.24) is 9.97 Å². The van der Waals surface area contributed by atoms with Gasteiger partial charge in [-0.05, 0) is 37.6 Å². The Kier molecular flexibility index (Phi) is 3.66. The van der Waals surface area contributed by atoms with Crippen LogP contribution >= 0.6 is 11.6 Å². The highest BCUT2D eigenvalue weighted by molar-refractivity contribution is 6.28. The molecule has 100 valence electrons. The molecule has 2 aromatic heterocycles. The number of nitrogens with one attached hydrogen (secondary N) is 1. The second-order valence-electron chi connectivity index (χ2n) is 3.94. The van der Waals surface area contributed by atoms with Gasteiger partial charge >= 0.3 is 5.69 Å². The molecule has 0 spiro atoms. The van der Waals surface area contributed by atoms with Crippen LogP contribution in [-0.2, 0) is 0 Å². The van der Waals surface area contributed by atoms with Gasteiger partial charge in [0, 0.05) is 0 Å². The van der Waals surface area contributed by atoms with Gasteiger partial charge in [-0.3, -0.25) is 10.1 Å². The number of rotatable bonds is 4. The number of hydrogen-bond acceptors (Lipinski definition) is 6. The van der Waals surface area contributed by atoms with E-state index in [1.807, 2.05) is 13.0 Å². The largest absolute Gasteiger partial charge is 0.464 e. The van der Waals surface area contributed by atoms with Gasteiger partial charge in [0.15, 0.2) is 0 Å². The Hall–Kier alpha value is -2.15. The lowest BCUT2D eigenvalue weighted by Gasteiger charge is -2.11. The van der Waals surface area contributed by atoms with E-state index < -0.39 is 4.92 Å². The lowest BCUT2D eigenvalue weighted by molar-refractivity contribution is -0.384. The van der Waals surface area contributed by atoms with E-state index in [9.17, 15) is 10.1 Å². The monoisotopic (exact) mass is 282 g/mol. The fourth-order valence-electron chi connectivity index (χ4n) is 1.56. The smallest absolute Gasteiger partial charge is 0.329 e. The summed E-state index contributed by atoms with van der Waals surface area (Å²) >= 11 is 5.65. The van der Waals surface area contributed by atoms with E-state index in [4.69, 9.17) is 16.0 Å². The SMILES string of the molecule is Cc1ccc(C(C)Nc2nc(Cl)ncc2[N+](=O)[O-])o1. The summed E-state index contributed by atoms with van der Waals surface area (Å²) in [5, 5.41) is 13.7. The number of hydrogen-bond donors (Lipinski definition) is 1. The van der Waals surface area contributed by atoms with E-state index in [2.05, 4.69) is 15.3 Å². The predicted molar refractivity (Wildman–Crippen MR) is 69.2 cm³/mol. The minimum atomic E-state index is -0.571. The highest BCUT2D eigenvalue weighted by atomic mass is 35.5. The van der Waals surface area contributed by atoms with Crippen LogP contribution in [0, 0.1) is 17.0 Å². The fourth-order valence-corrected chi connectivity index (χ4v) is 1.69. The zero-order valence-electron chi connectivity index (χ0n) is 10.3. The van der Waals surface area contributed by atoms with Crippen LogP contribution in [0.25, 0.3) is 0 Å². The molecule has 0 aliphatic rings. The lowest BCUT2D eigenvalue weighted by Crippen LogP contribution is -2.09. The van der Waals surface area contributed by atoms with Crippen LogP contribution in [0.2, 0.25) is 5.28 Å². The Morgan fingerprint density at radius 3 is 2.84 bits per heavy atom. The molecule has 7 nitrogen and oxygen atoms in total. The second-order valence-corrected chi connectivity index (χ2v) is 4.28. The maximum Gasteiger partial charge on any atom is 0.329 e. The Morgan fingerprint density at radius 1 is 1.53 bits per heavy atom. The molecule has 2 rings (SSSR count). The summed E-state index contributed by atoms with van der Waals surface area (Å²) in [5.74, 6) is 1.48. The molecule has 0 bridgehead atoms. The van der Waals surface area contributed by atoms with Crippen molar-refractivity contribution >= 4 is 23.1 Å². The maximum atomic E-state index is 10.9. The van der Waals surface area contributed by atoms with Gasteiger partial charge in [0.2, 0.25) is 11.1 Å². The molecule has 1 N–H and O–H groups in total. The first kappa shape index (κ1) is 13.3. The van der Waals surface area contributed by atoms with Crippen LogP contribution in [0.15, 0.2) is 22.7 Å². The zero-order chi connectivity index (χ0) is 14.0. The predicted octanol–water partition coefficient (Wildman–Crippen LogP) is 3.11. The summed E-state index contributed by atoms with van der Waals surface area (Å²) in [6.45, 7) is 3.62. The summed E-state index contributed by atoms with van der Waals surface area (Å²) in [4.78, 5) is 17.7. The number of nitrogens with zero attached hydrogens (tertiary/aromatic N) is 3. The third kappa shape index (κ3) is 3.00. The molecule has 1 atom stereocenters. The van der Waals surface area contributed by atoms with Gasteiger partial charge in [0.25, 0.3) is 0 Å². The number of furan rings is 1. The molecule has 1 unspecified atom stereocenters. The molecule has 0 aromatic carbocycles. The van der Waals surface area contributed by atoms with Crippen molar-refractivity contribution in [3.63, 3.8) is 0 Å². The van der Waals surface area contributed by atoms with Crippen molar-refractivity contribution in [2.75, 3.05) is 5.32 Å². The molecule has 0 fully saturated rings. The number of halogens is 1. The summed E-state index contributed by atoms with van der Waals surface area (Å²) in [5.41, 5.74) is -0.237. The third-order valence-electron chi connectivity index (χ3n) is 2.48. The van der Waals surface area contributed by atoms with Gasteiger partial charge in [0.1, 0.15) is 17.7 Å². The van der Waals surface area contributed by atoms with Crippen molar-refractivity contribution in [2.45, 2.75) is 19.9 Å². The molecule has 0 aliphatic carbocycles. The van der Waals surface area contributed by atoms with Gasteiger partial charge in [-0.1, -0.05) is 0 Å². The van der Waals surface area contributed by atoms with Crippen LogP contribution in [0.3, 0.4) is 0 Å². The average molecular weight is 283 g/mol. The molecule has 0 amide bonds. The number of nitro groups is 1. The van der Waals surface area contributed by atoms with Crippen LogP contribution in [-0.4, -0.2) is 14.9 Å². The van der Waals surface area contributed by atoms with E-state index in [0.29, 0.717) is 5.76 Å². The van der Waals surface area contributed by atoms with E-state index in [1.165, 1.54) is 0 Å². The Balaban J connectivity index is 2.27. The first-order valence-corrected chi connectivity index (χ1v) is 5.85. The van der Waals surface area contributed by atoms with Gasteiger partial charge in [-0.2, -0.15) is 4.98 Å². The van der Waals surface area contributed by atoms with Crippen LogP contribution in [0.5, 0.6) is 0 Å². The van der Waals surface area contributed by atoms with E-state index >= 15 is 0 Å². The molecule has 0 aliphatic heterocycles. The molecular weight excluding hydrogens is 272 g/mol. The van der Waals surface area contributed by atoms with Crippen LogP contribution in [0.1, 0.15) is 24.5 Å². The first-order valence-electron chi connectivity index (χ1n) is 5.47. The second kappa shape index (κ2) is 5.23. The summed E-state index contributed by atoms with van der Waals surface area (Å²) in [7, 11) is 0. The maximum absolute atomic E-state index is 10.9. The summed E-state index contributed by atoms with van der Waals surface area (Å²) < 4.78 is 5.44. The number of anilines is 1. The van der Waals surface area contributed by atoms with Gasteiger partial charge in [0.05, 0.1) is 11.0 Å². The molecule has 19 heavy (non-hydrogen) atoms. The van der Waals surface area contributed by atoms with Crippen molar-refractivity contribution in [3.05, 3.63) is 45.2 Å². The zero-order valence-corrected chi connectivity index (χ0v) is 11.0. The molecule has 0 radical (unpaired) electrons. The highest BCUT2D eigenvalue weighted by Crippen LogP contribution is 2.27. The normalized spacial score (nSPS) is 12.2. The molecule has 8 heteroatoms. The minimum Gasteiger partial charge on any atom is -0.464 e. The van der Waals surface area contributed by atoms with Crippen LogP contribution < -0.4 is 5.32 Å². The Labute approximate surface area is 113 Å². The number of aryl methyl sites for hydroxylation is 1. The quantitative estimate of drug-likeness (QED) is 0.526. The van der Waals surface area contributed by atoms with Crippen LogP contribution in [0.4, 0.5) is 11.5 Å². The summed E-state index contributed by atoms with van der Waals surface area (Å²) in [6, 6.07) is 3.33.